The van der Waals surface area contributed by atoms with Gasteiger partial charge in [0.15, 0.2) is 6.10 Å². The molecule has 4 nitrogen and oxygen atoms in total. The molecule has 1 fully saturated rings. The summed E-state index contributed by atoms with van der Waals surface area (Å²) in [5, 5.41) is 8.91. The minimum atomic E-state index is -0.877. The molecule has 2 rings (SSSR count). The summed E-state index contributed by atoms with van der Waals surface area (Å²) in [6, 6.07) is 8.27. The maximum atomic E-state index is 10.8. The van der Waals surface area contributed by atoms with Gasteiger partial charge in [0.25, 0.3) is 0 Å². The van der Waals surface area contributed by atoms with Crippen LogP contribution >= 0.6 is 22.6 Å². The van der Waals surface area contributed by atoms with Gasteiger partial charge in [-0.1, -0.05) is 12.1 Å². The Bertz CT molecular complexity index is 393. The third kappa shape index (κ3) is 3.65. The fraction of sp³-hybridized carbons (Fsp3) is 0.417. The molecular weight excluding hydrogens is 333 g/mol. The van der Waals surface area contributed by atoms with E-state index in [-0.39, 0.29) is 0 Å². The molecule has 1 unspecified atom stereocenters. The molecule has 1 aromatic rings. The Morgan fingerprint density at radius 1 is 1.47 bits per heavy atom. The number of benzene rings is 1. The summed E-state index contributed by atoms with van der Waals surface area (Å²) in [5.74, 6) is -0.877. The van der Waals surface area contributed by atoms with Crippen LogP contribution in [0.3, 0.4) is 0 Å². The van der Waals surface area contributed by atoms with Gasteiger partial charge >= 0.3 is 5.97 Å². The molecule has 0 saturated carbocycles. The molecule has 1 saturated heterocycles. The molecule has 1 atom stereocenters. The topological polar surface area (TPSA) is 49.8 Å². The highest BCUT2D eigenvalue weighted by atomic mass is 127. The van der Waals surface area contributed by atoms with Crippen LogP contribution in [0.5, 0.6) is 0 Å². The van der Waals surface area contributed by atoms with E-state index in [9.17, 15) is 4.79 Å². The molecule has 0 radical (unpaired) electrons. The Labute approximate surface area is 114 Å². The third-order valence-corrected chi connectivity index (χ3v) is 3.46. The summed E-state index contributed by atoms with van der Waals surface area (Å²) in [5.41, 5.74) is 1.21. The molecular formula is C12H14INO3. The average molecular weight is 347 g/mol. The molecule has 5 heteroatoms. The highest BCUT2D eigenvalue weighted by Crippen LogP contribution is 2.12. The predicted molar refractivity (Wildman–Crippen MR) is 71.8 cm³/mol. The van der Waals surface area contributed by atoms with E-state index >= 15 is 0 Å². The van der Waals surface area contributed by atoms with Crippen LogP contribution in [0.15, 0.2) is 24.3 Å². The monoisotopic (exact) mass is 347 g/mol. The number of carbonyl (C=O) groups is 1. The second-order valence-electron chi connectivity index (χ2n) is 4.06. The number of carboxylic acids is 1. The van der Waals surface area contributed by atoms with Crippen molar-refractivity contribution in [1.29, 1.82) is 0 Å². The van der Waals surface area contributed by atoms with E-state index in [1.54, 1.807) is 0 Å². The van der Waals surface area contributed by atoms with Crippen molar-refractivity contribution in [1.82, 2.24) is 4.90 Å². The standard InChI is InChI=1S/C12H14INO3/c13-10-3-1-9(2-4-10)7-14-5-6-17-11(8-14)12(15)16/h1-4,11H,5-8H2,(H,15,16). The Balaban J connectivity index is 1.94. The molecule has 0 aliphatic carbocycles. The Morgan fingerprint density at radius 2 is 2.18 bits per heavy atom. The molecule has 1 N–H and O–H groups in total. The molecule has 92 valence electrons. The summed E-state index contributed by atoms with van der Waals surface area (Å²) < 4.78 is 6.39. The summed E-state index contributed by atoms with van der Waals surface area (Å²) >= 11 is 2.27. The summed E-state index contributed by atoms with van der Waals surface area (Å²) in [6.07, 6.45) is -0.687. The Hall–Kier alpha value is -0.660. The summed E-state index contributed by atoms with van der Waals surface area (Å²) in [6.45, 7) is 2.52. The van der Waals surface area contributed by atoms with Gasteiger partial charge in [-0.25, -0.2) is 4.79 Å². The van der Waals surface area contributed by atoms with Crippen molar-refractivity contribution in [2.45, 2.75) is 12.6 Å². The first-order valence-electron chi connectivity index (χ1n) is 5.46. The van der Waals surface area contributed by atoms with Crippen molar-refractivity contribution in [3.05, 3.63) is 33.4 Å². The quantitative estimate of drug-likeness (QED) is 0.844. The van der Waals surface area contributed by atoms with Gasteiger partial charge in [-0.3, -0.25) is 4.90 Å². The number of halogens is 1. The fourth-order valence-corrected chi connectivity index (χ4v) is 2.20. The molecule has 0 aromatic heterocycles. The zero-order valence-corrected chi connectivity index (χ0v) is 11.5. The first kappa shape index (κ1) is 12.8. The molecule has 1 heterocycles. The maximum Gasteiger partial charge on any atom is 0.334 e. The van der Waals surface area contributed by atoms with Crippen molar-refractivity contribution in [2.75, 3.05) is 19.7 Å². The van der Waals surface area contributed by atoms with E-state index in [1.807, 2.05) is 0 Å². The molecule has 0 spiro atoms. The van der Waals surface area contributed by atoms with Gasteiger partial charge in [-0.05, 0) is 40.3 Å². The normalized spacial score (nSPS) is 21.4. The average Bonchev–Trinajstić information content (AvgIpc) is 2.32. The van der Waals surface area contributed by atoms with E-state index < -0.39 is 12.1 Å². The lowest BCUT2D eigenvalue weighted by Crippen LogP contribution is -2.45. The van der Waals surface area contributed by atoms with Crippen LogP contribution in [-0.4, -0.2) is 41.8 Å². The Morgan fingerprint density at radius 3 is 2.82 bits per heavy atom. The van der Waals surface area contributed by atoms with Crippen molar-refractivity contribution in [3.63, 3.8) is 0 Å². The molecule has 1 aliphatic rings. The maximum absolute atomic E-state index is 10.8. The number of ether oxygens (including phenoxy) is 1. The second kappa shape index (κ2) is 5.79. The first-order chi connectivity index (χ1) is 8.15. The highest BCUT2D eigenvalue weighted by Gasteiger charge is 2.25. The van der Waals surface area contributed by atoms with Gasteiger partial charge < -0.3 is 9.84 Å². The van der Waals surface area contributed by atoms with E-state index in [1.165, 1.54) is 9.13 Å². The summed E-state index contributed by atoms with van der Waals surface area (Å²) in [4.78, 5) is 13.0. The first-order valence-corrected chi connectivity index (χ1v) is 6.54. The van der Waals surface area contributed by atoms with E-state index in [0.29, 0.717) is 13.2 Å². The van der Waals surface area contributed by atoms with Crippen LogP contribution in [0, 0.1) is 3.57 Å². The minimum Gasteiger partial charge on any atom is -0.479 e. The number of aliphatic carboxylic acids is 1. The van der Waals surface area contributed by atoms with Crippen molar-refractivity contribution < 1.29 is 14.6 Å². The van der Waals surface area contributed by atoms with Gasteiger partial charge in [0, 0.05) is 23.2 Å². The lowest BCUT2D eigenvalue weighted by molar-refractivity contribution is -0.156. The summed E-state index contributed by atoms with van der Waals surface area (Å²) in [7, 11) is 0. The lowest BCUT2D eigenvalue weighted by atomic mass is 10.2. The zero-order valence-electron chi connectivity index (χ0n) is 9.30. The Kier molecular flexibility index (Phi) is 4.36. The van der Waals surface area contributed by atoms with Crippen LogP contribution in [-0.2, 0) is 16.1 Å². The zero-order chi connectivity index (χ0) is 12.3. The number of nitrogens with zero attached hydrogens (tertiary/aromatic N) is 1. The molecule has 0 amide bonds. The van der Waals surface area contributed by atoms with Crippen molar-refractivity contribution >= 4 is 28.6 Å². The van der Waals surface area contributed by atoms with Crippen molar-refractivity contribution in [3.8, 4) is 0 Å². The van der Waals surface area contributed by atoms with E-state index in [4.69, 9.17) is 9.84 Å². The smallest absolute Gasteiger partial charge is 0.334 e. The number of carboxylic acid groups (broad SMARTS) is 1. The SMILES string of the molecule is O=C(O)C1CN(Cc2ccc(I)cc2)CCO1. The predicted octanol–water partition coefficient (Wildman–Crippen LogP) is 1.58. The van der Waals surface area contributed by atoms with Crippen LogP contribution < -0.4 is 0 Å². The molecule has 1 aromatic carbocycles. The van der Waals surface area contributed by atoms with Crippen LogP contribution in [0.1, 0.15) is 5.56 Å². The van der Waals surface area contributed by atoms with E-state index in [2.05, 4.69) is 51.8 Å². The van der Waals surface area contributed by atoms with Gasteiger partial charge in [-0.15, -0.1) is 0 Å². The molecule has 0 bridgehead atoms. The number of rotatable bonds is 3. The van der Waals surface area contributed by atoms with Gasteiger partial charge in [0.05, 0.1) is 6.61 Å². The van der Waals surface area contributed by atoms with Crippen LogP contribution in [0.25, 0.3) is 0 Å². The third-order valence-electron chi connectivity index (χ3n) is 2.75. The van der Waals surface area contributed by atoms with Crippen LogP contribution in [0.2, 0.25) is 0 Å². The van der Waals surface area contributed by atoms with Gasteiger partial charge in [0.1, 0.15) is 0 Å². The number of morpholine rings is 1. The highest BCUT2D eigenvalue weighted by molar-refractivity contribution is 14.1. The number of hydrogen-bond acceptors (Lipinski definition) is 3. The molecule has 17 heavy (non-hydrogen) atoms. The largest absolute Gasteiger partial charge is 0.479 e. The van der Waals surface area contributed by atoms with Gasteiger partial charge in [0.2, 0.25) is 0 Å². The van der Waals surface area contributed by atoms with Crippen LogP contribution in [0.4, 0.5) is 0 Å². The number of hydrogen-bond donors (Lipinski definition) is 1. The van der Waals surface area contributed by atoms with E-state index in [0.717, 1.165) is 13.1 Å². The fourth-order valence-electron chi connectivity index (χ4n) is 1.84. The minimum absolute atomic E-state index is 0.460. The van der Waals surface area contributed by atoms with Gasteiger partial charge in [-0.2, -0.15) is 0 Å². The molecule has 1 aliphatic heterocycles. The van der Waals surface area contributed by atoms with Crippen molar-refractivity contribution in [2.24, 2.45) is 0 Å². The second-order valence-corrected chi connectivity index (χ2v) is 5.30. The lowest BCUT2D eigenvalue weighted by Gasteiger charge is -2.30.